The molecule has 0 amide bonds. The number of nitrogens with one attached hydrogen (secondary N) is 1. The molecule has 1 fully saturated rings. The highest BCUT2D eigenvalue weighted by atomic mass is 15.1. The molecular weight excluding hydrogens is 174 g/mol. The number of piperidine rings is 1. The smallest absolute Gasteiger partial charge is 0.0280 e. The summed E-state index contributed by atoms with van der Waals surface area (Å²) in [6.45, 7) is 7.91. The summed E-state index contributed by atoms with van der Waals surface area (Å²) < 4.78 is 0. The molecular formula is C11H23N3. The van der Waals surface area contributed by atoms with Gasteiger partial charge in [0, 0.05) is 31.0 Å². The zero-order valence-electron chi connectivity index (χ0n) is 9.42. The van der Waals surface area contributed by atoms with Crippen LogP contribution in [0.2, 0.25) is 0 Å². The molecule has 14 heavy (non-hydrogen) atoms. The van der Waals surface area contributed by atoms with Crippen LogP contribution in [0.5, 0.6) is 0 Å². The van der Waals surface area contributed by atoms with E-state index >= 15 is 0 Å². The van der Waals surface area contributed by atoms with Gasteiger partial charge in [0.15, 0.2) is 0 Å². The Bertz CT molecular complexity index is 181. The van der Waals surface area contributed by atoms with Gasteiger partial charge in [0.2, 0.25) is 0 Å². The number of allylic oxidation sites excluding steroid dienone is 1. The van der Waals surface area contributed by atoms with Crippen molar-refractivity contribution in [2.45, 2.75) is 39.2 Å². The lowest BCUT2D eigenvalue weighted by atomic mass is 10.1. The maximum atomic E-state index is 5.73. The quantitative estimate of drug-likeness (QED) is 0.713. The van der Waals surface area contributed by atoms with Crippen molar-refractivity contribution in [3.05, 3.63) is 11.9 Å². The SMILES string of the molecule is CC/C(N)=C/NC1CCN(CC)CC1. The average molecular weight is 197 g/mol. The van der Waals surface area contributed by atoms with Crippen molar-refractivity contribution in [3.63, 3.8) is 0 Å². The van der Waals surface area contributed by atoms with Gasteiger partial charge in [-0.05, 0) is 25.8 Å². The highest BCUT2D eigenvalue weighted by molar-refractivity contribution is 4.95. The molecule has 1 heterocycles. The number of nitrogens with zero attached hydrogens (tertiary/aromatic N) is 1. The first-order valence-corrected chi connectivity index (χ1v) is 5.69. The molecule has 1 saturated heterocycles. The zero-order chi connectivity index (χ0) is 10.4. The molecule has 0 aromatic heterocycles. The van der Waals surface area contributed by atoms with Gasteiger partial charge in [-0.1, -0.05) is 13.8 Å². The lowest BCUT2D eigenvalue weighted by Gasteiger charge is -2.31. The van der Waals surface area contributed by atoms with Crippen molar-refractivity contribution in [3.8, 4) is 0 Å². The Labute approximate surface area is 87.3 Å². The molecule has 1 aliphatic rings. The number of nitrogens with two attached hydrogens (primary N) is 1. The number of hydrogen-bond acceptors (Lipinski definition) is 3. The van der Waals surface area contributed by atoms with Crippen LogP contribution in [0.1, 0.15) is 33.1 Å². The second-order valence-corrected chi connectivity index (χ2v) is 3.95. The van der Waals surface area contributed by atoms with Gasteiger partial charge >= 0.3 is 0 Å². The van der Waals surface area contributed by atoms with Crippen LogP contribution < -0.4 is 11.1 Å². The third-order valence-electron chi connectivity index (χ3n) is 2.95. The van der Waals surface area contributed by atoms with E-state index in [0.29, 0.717) is 6.04 Å². The molecule has 0 bridgehead atoms. The van der Waals surface area contributed by atoms with E-state index in [1.165, 1.54) is 32.5 Å². The summed E-state index contributed by atoms with van der Waals surface area (Å²) in [5.74, 6) is 0. The molecule has 3 nitrogen and oxygen atoms in total. The van der Waals surface area contributed by atoms with Crippen LogP contribution >= 0.6 is 0 Å². The third-order valence-corrected chi connectivity index (χ3v) is 2.95. The highest BCUT2D eigenvalue weighted by Gasteiger charge is 2.16. The van der Waals surface area contributed by atoms with E-state index in [-0.39, 0.29) is 0 Å². The van der Waals surface area contributed by atoms with E-state index in [2.05, 4.69) is 24.1 Å². The van der Waals surface area contributed by atoms with Gasteiger partial charge in [-0.15, -0.1) is 0 Å². The molecule has 82 valence electrons. The number of rotatable bonds is 4. The van der Waals surface area contributed by atoms with Crippen LogP contribution in [-0.4, -0.2) is 30.6 Å². The van der Waals surface area contributed by atoms with E-state index in [9.17, 15) is 0 Å². The largest absolute Gasteiger partial charge is 0.401 e. The number of hydrogen-bond donors (Lipinski definition) is 2. The molecule has 0 aromatic carbocycles. The minimum Gasteiger partial charge on any atom is -0.401 e. The fraction of sp³-hybridized carbons (Fsp3) is 0.818. The first-order valence-electron chi connectivity index (χ1n) is 5.69. The lowest BCUT2D eigenvalue weighted by Crippen LogP contribution is -2.40. The number of likely N-dealkylation sites (tertiary alicyclic amines) is 1. The monoisotopic (exact) mass is 197 g/mol. The van der Waals surface area contributed by atoms with Crippen LogP contribution in [0.25, 0.3) is 0 Å². The Morgan fingerprint density at radius 1 is 1.43 bits per heavy atom. The standard InChI is InChI=1S/C11H23N3/c1-3-10(12)9-13-11-5-7-14(4-2)8-6-11/h9,11,13H,3-8,12H2,1-2H3/b10-9-. The summed E-state index contributed by atoms with van der Waals surface area (Å²) in [6.07, 6.45) is 5.38. The first kappa shape index (κ1) is 11.4. The molecule has 0 aliphatic carbocycles. The first-order chi connectivity index (χ1) is 6.76. The summed E-state index contributed by atoms with van der Waals surface area (Å²) in [4.78, 5) is 2.49. The van der Waals surface area contributed by atoms with Crippen molar-refractivity contribution in [1.29, 1.82) is 0 Å². The van der Waals surface area contributed by atoms with Gasteiger partial charge in [-0.2, -0.15) is 0 Å². The molecule has 0 aromatic rings. The molecule has 1 rings (SSSR count). The summed E-state index contributed by atoms with van der Waals surface area (Å²) in [5, 5.41) is 3.40. The Hall–Kier alpha value is -0.700. The maximum Gasteiger partial charge on any atom is 0.0280 e. The Morgan fingerprint density at radius 3 is 2.57 bits per heavy atom. The van der Waals surface area contributed by atoms with Gasteiger partial charge in [-0.3, -0.25) is 0 Å². The van der Waals surface area contributed by atoms with Gasteiger partial charge < -0.3 is 16.0 Å². The Balaban J connectivity index is 2.22. The Kier molecular flexibility index (Phi) is 4.80. The predicted molar refractivity (Wildman–Crippen MR) is 60.8 cm³/mol. The minimum atomic E-state index is 0.628. The summed E-state index contributed by atoms with van der Waals surface area (Å²) in [5.41, 5.74) is 6.68. The molecule has 3 heteroatoms. The molecule has 0 unspecified atom stereocenters. The van der Waals surface area contributed by atoms with Gasteiger partial charge in [0.05, 0.1) is 0 Å². The van der Waals surface area contributed by atoms with E-state index in [0.717, 1.165) is 12.1 Å². The molecule has 0 saturated carbocycles. The predicted octanol–water partition coefficient (Wildman–Crippen LogP) is 1.27. The molecule has 1 aliphatic heterocycles. The molecule has 3 N–H and O–H groups in total. The van der Waals surface area contributed by atoms with Crippen LogP contribution in [-0.2, 0) is 0 Å². The second-order valence-electron chi connectivity index (χ2n) is 3.95. The minimum absolute atomic E-state index is 0.628. The van der Waals surface area contributed by atoms with Crippen LogP contribution in [0.3, 0.4) is 0 Å². The summed E-state index contributed by atoms with van der Waals surface area (Å²) >= 11 is 0. The maximum absolute atomic E-state index is 5.73. The summed E-state index contributed by atoms with van der Waals surface area (Å²) in [7, 11) is 0. The Morgan fingerprint density at radius 2 is 2.07 bits per heavy atom. The third kappa shape index (κ3) is 3.58. The van der Waals surface area contributed by atoms with Crippen molar-refractivity contribution >= 4 is 0 Å². The zero-order valence-corrected chi connectivity index (χ0v) is 9.42. The second kappa shape index (κ2) is 5.91. The highest BCUT2D eigenvalue weighted by Crippen LogP contribution is 2.09. The van der Waals surface area contributed by atoms with Crippen molar-refractivity contribution < 1.29 is 0 Å². The molecule has 0 spiro atoms. The van der Waals surface area contributed by atoms with Crippen LogP contribution in [0.15, 0.2) is 11.9 Å². The van der Waals surface area contributed by atoms with Gasteiger partial charge in [0.25, 0.3) is 0 Å². The molecule has 0 atom stereocenters. The van der Waals surface area contributed by atoms with Crippen molar-refractivity contribution in [2.75, 3.05) is 19.6 Å². The molecule has 0 radical (unpaired) electrons. The van der Waals surface area contributed by atoms with E-state index in [1.807, 2.05) is 6.20 Å². The fourth-order valence-corrected chi connectivity index (χ4v) is 1.74. The average Bonchev–Trinajstić information content (AvgIpc) is 2.26. The normalized spacial score (nSPS) is 21.1. The van der Waals surface area contributed by atoms with E-state index in [4.69, 9.17) is 5.73 Å². The van der Waals surface area contributed by atoms with Gasteiger partial charge in [-0.25, -0.2) is 0 Å². The van der Waals surface area contributed by atoms with Crippen LogP contribution in [0.4, 0.5) is 0 Å². The van der Waals surface area contributed by atoms with Crippen molar-refractivity contribution in [1.82, 2.24) is 10.2 Å². The van der Waals surface area contributed by atoms with E-state index < -0.39 is 0 Å². The van der Waals surface area contributed by atoms with Crippen LogP contribution in [0, 0.1) is 0 Å². The summed E-state index contributed by atoms with van der Waals surface area (Å²) in [6, 6.07) is 0.628. The van der Waals surface area contributed by atoms with Crippen molar-refractivity contribution in [2.24, 2.45) is 5.73 Å². The topological polar surface area (TPSA) is 41.3 Å². The lowest BCUT2D eigenvalue weighted by molar-refractivity contribution is 0.213. The fourth-order valence-electron chi connectivity index (χ4n) is 1.74. The van der Waals surface area contributed by atoms with E-state index in [1.54, 1.807) is 0 Å². The van der Waals surface area contributed by atoms with Gasteiger partial charge in [0.1, 0.15) is 0 Å².